The summed E-state index contributed by atoms with van der Waals surface area (Å²) in [7, 11) is 0. The molecular formula is C20H15FN4O. The van der Waals surface area contributed by atoms with Crippen molar-refractivity contribution < 1.29 is 8.91 Å². The Morgan fingerprint density at radius 3 is 2.81 bits per heavy atom. The second-order valence-corrected chi connectivity index (χ2v) is 6.04. The first-order chi connectivity index (χ1) is 12.7. The number of nitrogens with zero attached hydrogens (tertiary/aromatic N) is 3. The first-order valence-corrected chi connectivity index (χ1v) is 8.15. The van der Waals surface area contributed by atoms with E-state index in [4.69, 9.17) is 4.52 Å². The van der Waals surface area contributed by atoms with E-state index in [0.29, 0.717) is 23.0 Å². The van der Waals surface area contributed by atoms with Crippen LogP contribution in [0.5, 0.6) is 0 Å². The molecule has 0 radical (unpaired) electrons. The number of pyridine rings is 1. The molecule has 26 heavy (non-hydrogen) atoms. The van der Waals surface area contributed by atoms with Gasteiger partial charge in [-0.05, 0) is 36.8 Å². The van der Waals surface area contributed by atoms with Crippen LogP contribution in [-0.2, 0) is 0 Å². The third-order valence-electron chi connectivity index (χ3n) is 4.00. The predicted molar refractivity (Wildman–Crippen MR) is 94.4 cm³/mol. The molecule has 1 saturated heterocycles. The van der Waals surface area contributed by atoms with Gasteiger partial charge in [0.2, 0.25) is 11.7 Å². The molecule has 3 heterocycles. The number of rotatable bonds is 2. The van der Waals surface area contributed by atoms with E-state index in [0.717, 1.165) is 24.1 Å². The van der Waals surface area contributed by atoms with Gasteiger partial charge < -0.3 is 9.84 Å². The van der Waals surface area contributed by atoms with Crippen LogP contribution >= 0.6 is 0 Å². The van der Waals surface area contributed by atoms with Gasteiger partial charge in [-0.2, -0.15) is 4.98 Å². The summed E-state index contributed by atoms with van der Waals surface area (Å²) in [5.74, 6) is 6.53. The molecule has 6 heteroatoms. The Morgan fingerprint density at radius 2 is 2.08 bits per heavy atom. The first-order valence-electron chi connectivity index (χ1n) is 8.15. The van der Waals surface area contributed by atoms with Gasteiger partial charge in [0, 0.05) is 23.9 Å². The molecule has 0 amide bonds. The van der Waals surface area contributed by atoms with Gasteiger partial charge in [0.15, 0.2) is 0 Å². The van der Waals surface area contributed by atoms with Crippen LogP contribution in [0, 0.1) is 17.7 Å². The van der Waals surface area contributed by atoms with Crippen molar-refractivity contribution >= 4 is 0 Å². The minimum absolute atomic E-state index is 0.0140. The molecule has 1 atom stereocenters. The van der Waals surface area contributed by atoms with Crippen LogP contribution in [0.2, 0.25) is 0 Å². The molecule has 1 fully saturated rings. The lowest BCUT2D eigenvalue weighted by Gasteiger charge is -2.00. The first kappa shape index (κ1) is 16.2. The van der Waals surface area contributed by atoms with E-state index in [1.807, 2.05) is 6.07 Å². The van der Waals surface area contributed by atoms with Crippen molar-refractivity contribution in [1.29, 1.82) is 0 Å². The zero-order chi connectivity index (χ0) is 17.9. The van der Waals surface area contributed by atoms with Gasteiger partial charge in [0.05, 0.1) is 6.04 Å². The molecule has 2 aromatic heterocycles. The van der Waals surface area contributed by atoms with Crippen molar-refractivity contribution in [2.75, 3.05) is 6.54 Å². The highest BCUT2D eigenvalue weighted by Crippen LogP contribution is 2.25. The Hall–Kier alpha value is -3.30. The van der Waals surface area contributed by atoms with E-state index in [1.165, 1.54) is 12.1 Å². The second-order valence-electron chi connectivity index (χ2n) is 6.04. The van der Waals surface area contributed by atoms with Gasteiger partial charge in [-0.3, -0.25) is 4.98 Å². The van der Waals surface area contributed by atoms with Crippen molar-refractivity contribution in [2.24, 2.45) is 0 Å². The molecule has 0 aliphatic carbocycles. The fraction of sp³-hybridized carbons (Fsp3) is 0.150. The van der Waals surface area contributed by atoms with Gasteiger partial charge >= 0.3 is 0 Å². The van der Waals surface area contributed by atoms with Crippen molar-refractivity contribution in [2.45, 2.75) is 12.5 Å². The third-order valence-corrected chi connectivity index (χ3v) is 4.00. The molecule has 1 aliphatic rings. The monoisotopic (exact) mass is 346 g/mol. The van der Waals surface area contributed by atoms with E-state index in [1.54, 1.807) is 24.4 Å². The molecule has 1 N–H and O–H groups in total. The molecular weight excluding hydrogens is 331 g/mol. The van der Waals surface area contributed by atoms with Crippen molar-refractivity contribution in [3.63, 3.8) is 0 Å². The lowest BCUT2D eigenvalue weighted by atomic mass is 10.2. The largest absolute Gasteiger partial charge is 0.337 e. The third kappa shape index (κ3) is 3.53. The quantitative estimate of drug-likeness (QED) is 0.570. The van der Waals surface area contributed by atoms with Crippen LogP contribution in [0.15, 0.2) is 59.3 Å². The summed E-state index contributed by atoms with van der Waals surface area (Å²) < 4.78 is 18.5. The van der Waals surface area contributed by atoms with Gasteiger partial charge in [-0.15, -0.1) is 0 Å². The summed E-state index contributed by atoms with van der Waals surface area (Å²) in [6, 6.07) is 9.78. The minimum Gasteiger partial charge on any atom is -0.337 e. The predicted octanol–water partition coefficient (Wildman–Crippen LogP) is 3.26. The summed E-state index contributed by atoms with van der Waals surface area (Å²) in [5, 5.41) is 7.26. The molecule has 128 valence electrons. The fourth-order valence-electron chi connectivity index (χ4n) is 2.67. The highest BCUT2D eigenvalue weighted by atomic mass is 19.1. The topological polar surface area (TPSA) is 63.8 Å². The van der Waals surface area contributed by atoms with Crippen LogP contribution in [0.1, 0.15) is 29.5 Å². The van der Waals surface area contributed by atoms with Crippen LogP contribution in [0.25, 0.3) is 11.5 Å². The maximum absolute atomic E-state index is 13.2. The molecule has 1 aliphatic heterocycles. The number of hydrogen-bond donors (Lipinski definition) is 1. The Balaban J connectivity index is 1.50. The van der Waals surface area contributed by atoms with Gasteiger partial charge in [-0.1, -0.05) is 35.2 Å². The molecule has 5 nitrogen and oxygen atoms in total. The Labute approximate surface area is 150 Å². The minimum atomic E-state index is -0.307. The number of benzene rings is 1. The molecule has 3 aromatic rings. The molecule has 0 saturated carbocycles. The van der Waals surface area contributed by atoms with E-state index >= 15 is 0 Å². The fourth-order valence-corrected chi connectivity index (χ4v) is 2.67. The van der Waals surface area contributed by atoms with Gasteiger partial charge in [-0.25, -0.2) is 4.39 Å². The second kappa shape index (κ2) is 6.90. The highest BCUT2D eigenvalue weighted by molar-refractivity contribution is 5.51. The number of aromatic nitrogens is 3. The van der Waals surface area contributed by atoms with E-state index < -0.39 is 0 Å². The summed E-state index contributed by atoms with van der Waals surface area (Å²) in [4.78, 5) is 8.74. The van der Waals surface area contributed by atoms with Gasteiger partial charge in [0.25, 0.3) is 0 Å². The summed E-state index contributed by atoms with van der Waals surface area (Å²) >= 11 is 0. The highest BCUT2D eigenvalue weighted by Gasteiger charge is 2.24. The molecule has 0 bridgehead atoms. The van der Waals surface area contributed by atoms with Crippen LogP contribution in [-0.4, -0.2) is 21.7 Å². The Kier molecular flexibility index (Phi) is 4.30. The van der Waals surface area contributed by atoms with E-state index in [9.17, 15) is 4.39 Å². The number of nitrogens with one attached hydrogen (secondary N) is 1. The summed E-state index contributed by atoms with van der Waals surface area (Å²) in [6.45, 7) is 4.71. The van der Waals surface area contributed by atoms with E-state index in [2.05, 4.69) is 38.9 Å². The average molecular weight is 346 g/mol. The molecule has 1 aromatic carbocycles. The molecule has 1 unspecified atom stereocenters. The molecule has 4 rings (SSSR count). The summed E-state index contributed by atoms with van der Waals surface area (Å²) in [5.41, 5.74) is 3.06. The van der Waals surface area contributed by atoms with Gasteiger partial charge in [0.1, 0.15) is 11.5 Å². The SMILES string of the molecule is C=C1CNC(c2nc(-c3ccc(C#Cc4cccc(F)c4)cn3)no2)C1. The van der Waals surface area contributed by atoms with Crippen molar-refractivity contribution in [3.8, 4) is 23.4 Å². The maximum atomic E-state index is 13.2. The van der Waals surface area contributed by atoms with Crippen LogP contribution in [0.3, 0.4) is 0 Å². The lowest BCUT2D eigenvalue weighted by molar-refractivity contribution is 0.346. The standard InChI is InChI=1S/C20H15FN4O/c1-13-9-18(22-11-13)20-24-19(25-26-20)17-8-7-15(12-23-17)6-5-14-3-2-4-16(21)10-14/h2-4,7-8,10,12,18,22H,1,9,11H2. The number of hydrogen-bond acceptors (Lipinski definition) is 5. The van der Waals surface area contributed by atoms with Crippen LogP contribution < -0.4 is 5.32 Å². The Bertz CT molecular complexity index is 1010. The lowest BCUT2D eigenvalue weighted by Crippen LogP contribution is -2.13. The Morgan fingerprint density at radius 1 is 1.19 bits per heavy atom. The number of halogens is 1. The summed E-state index contributed by atoms with van der Waals surface area (Å²) in [6.07, 6.45) is 2.43. The maximum Gasteiger partial charge on any atom is 0.244 e. The average Bonchev–Trinajstić information content (AvgIpc) is 3.29. The molecule has 0 spiro atoms. The van der Waals surface area contributed by atoms with Crippen LogP contribution in [0.4, 0.5) is 4.39 Å². The van der Waals surface area contributed by atoms with Crippen molar-refractivity contribution in [1.82, 2.24) is 20.4 Å². The smallest absolute Gasteiger partial charge is 0.244 e. The van der Waals surface area contributed by atoms with Crippen molar-refractivity contribution in [3.05, 3.63) is 77.6 Å². The van der Waals surface area contributed by atoms with E-state index in [-0.39, 0.29) is 11.9 Å². The zero-order valence-electron chi connectivity index (χ0n) is 13.9. The zero-order valence-corrected chi connectivity index (χ0v) is 13.9. The normalized spacial score (nSPS) is 16.3.